The maximum Gasteiger partial charge on any atom is 0.265 e. The molecular formula is C27H26ClF2N3O3S2. The summed E-state index contributed by atoms with van der Waals surface area (Å²) in [5.41, 5.74) is 0.315. The van der Waals surface area contributed by atoms with Crippen molar-refractivity contribution in [2.75, 3.05) is 17.5 Å². The molecule has 0 saturated heterocycles. The number of thiazole rings is 1. The summed E-state index contributed by atoms with van der Waals surface area (Å²) in [4.78, 5) is 5.37. The van der Waals surface area contributed by atoms with Crippen LogP contribution in [0.2, 0.25) is 5.02 Å². The molecule has 0 fully saturated rings. The van der Waals surface area contributed by atoms with Gasteiger partial charge in [0.2, 0.25) is 0 Å². The lowest BCUT2D eigenvalue weighted by Gasteiger charge is -2.29. The highest BCUT2D eigenvalue weighted by Gasteiger charge is 2.34. The number of halogens is 3. The number of ether oxygens (including phenoxy) is 1. The molecule has 1 heterocycles. The number of anilines is 1. The Bertz CT molecular complexity index is 1480. The zero-order valence-electron chi connectivity index (χ0n) is 20.7. The second-order valence-corrected chi connectivity index (χ2v) is 11.8. The van der Waals surface area contributed by atoms with Crippen molar-refractivity contribution in [1.82, 2.24) is 10.3 Å². The van der Waals surface area contributed by atoms with E-state index < -0.39 is 33.4 Å². The number of hydrogen-bond acceptors (Lipinski definition) is 6. The molecule has 0 aliphatic heterocycles. The fraction of sp³-hybridized carbons (Fsp3) is 0.222. The summed E-state index contributed by atoms with van der Waals surface area (Å²) in [6.07, 6.45) is 0. The Balaban J connectivity index is 1.56. The first-order valence-corrected chi connectivity index (χ1v) is 14.4. The Morgan fingerprint density at radius 1 is 1.08 bits per heavy atom. The summed E-state index contributed by atoms with van der Waals surface area (Å²) >= 11 is 7.25. The van der Waals surface area contributed by atoms with Crippen molar-refractivity contribution >= 4 is 38.6 Å². The molecule has 1 aromatic heterocycles. The second kappa shape index (κ2) is 12.2. The fourth-order valence-corrected chi connectivity index (χ4v) is 6.67. The summed E-state index contributed by atoms with van der Waals surface area (Å²) in [5, 5.41) is 4.09. The van der Waals surface area contributed by atoms with E-state index in [2.05, 4.69) is 10.3 Å². The molecule has 0 saturated carbocycles. The van der Waals surface area contributed by atoms with Gasteiger partial charge in [-0.2, -0.15) is 0 Å². The number of aromatic nitrogens is 1. The molecule has 0 bridgehead atoms. The monoisotopic (exact) mass is 577 g/mol. The van der Waals surface area contributed by atoms with Gasteiger partial charge in [-0.15, -0.1) is 11.3 Å². The van der Waals surface area contributed by atoms with Gasteiger partial charge in [0.05, 0.1) is 22.3 Å². The van der Waals surface area contributed by atoms with Crippen LogP contribution in [0, 0.1) is 18.6 Å². The number of nitrogens with one attached hydrogen (secondary N) is 1. The first-order chi connectivity index (χ1) is 18.2. The van der Waals surface area contributed by atoms with E-state index in [0.717, 1.165) is 38.8 Å². The number of aryl methyl sites for hydroxylation is 1. The predicted molar refractivity (Wildman–Crippen MR) is 146 cm³/mol. The van der Waals surface area contributed by atoms with Gasteiger partial charge in [0, 0.05) is 29.1 Å². The second-order valence-electron chi connectivity index (χ2n) is 8.43. The van der Waals surface area contributed by atoms with E-state index in [1.165, 1.54) is 35.6 Å². The van der Waals surface area contributed by atoms with E-state index in [0.29, 0.717) is 29.7 Å². The van der Waals surface area contributed by atoms with Crippen molar-refractivity contribution in [3.63, 3.8) is 0 Å². The van der Waals surface area contributed by atoms with Gasteiger partial charge in [0.1, 0.15) is 29.0 Å². The highest BCUT2D eigenvalue weighted by Crippen LogP contribution is 2.37. The number of benzene rings is 3. The molecule has 0 aliphatic carbocycles. The highest BCUT2D eigenvalue weighted by molar-refractivity contribution is 7.92. The molecule has 38 heavy (non-hydrogen) atoms. The van der Waals surface area contributed by atoms with Crippen LogP contribution >= 0.6 is 22.9 Å². The lowest BCUT2D eigenvalue weighted by atomic mass is 10.2. The average molecular weight is 578 g/mol. The van der Waals surface area contributed by atoms with Crippen molar-refractivity contribution < 1.29 is 21.9 Å². The van der Waals surface area contributed by atoms with Gasteiger partial charge >= 0.3 is 0 Å². The van der Waals surface area contributed by atoms with Crippen LogP contribution in [-0.2, 0) is 16.6 Å². The maximum atomic E-state index is 14.9. The largest absolute Gasteiger partial charge is 0.492 e. The van der Waals surface area contributed by atoms with Crippen molar-refractivity contribution in [1.29, 1.82) is 0 Å². The Labute approximate surface area is 229 Å². The minimum absolute atomic E-state index is 0.106. The Morgan fingerprint density at radius 2 is 1.79 bits per heavy atom. The molecule has 4 aromatic rings. The van der Waals surface area contributed by atoms with Crippen molar-refractivity contribution in [2.45, 2.75) is 31.3 Å². The molecule has 3 aromatic carbocycles. The minimum Gasteiger partial charge on any atom is -0.492 e. The molecule has 6 nitrogen and oxygen atoms in total. The number of para-hydroxylation sites is 1. The Morgan fingerprint density at radius 3 is 2.50 bits per heavy atom. The third-order valence-electron chi connectivity index (χ3n) is 5.71. The van der Waals surface area contributed by atoms with Crippen LogP contribution in [0.1, 0.15) is 28.5 Å². The van der Waals surface area contributed by atoms with E-state index in [9.17, 15) is 17.2 Å². The number of sulfonamides is 1. The minimum atomic E-state index is -4.31. The van der Waals surface area contributed by atoms with Gasteiger partial charge in [-0.05, 0) is 62.4 Å². The van der Waals surface area contributed by atoms with Crippen LogP contribution in [0.15, 0.2) is 77.7 Å². The highest BCUT2D eigenvalue weighted by atomic mass is 35.5. The molecule has 11 heteroatoms. The molecule has 4 rings (SSSR count). The van der Waals surface area contributed by atoms with E-state index in [-0.39, 0.29) is 4.90 Å². The van der Waals surface area contributed by atoms with Crippen molar-refractivity contribution in [3.05, 3.63) is 105 Å². The fourth-order valence-electron chi connectivity index (χ4n) is 3.77. The Hall–Kier alpha value is -3.05. The van der Waals surface area contributed by atoms with Gasteiger partial charge in [0.25, 0.3) is 10.0 Å². The average Bonchev–Trinajstić information content (AvgIpc) is 3.27. The van der Waals surface area contributed by atoms with Crippen molar-refractivity contribution in [2.24, 2.45) is 0 Å². The zero-order valence-corrected chi connectivity index (χ0v) is 23.1. The number of hydrogen-bond donors (Lipinski definition) is 1. The van der Waals surface area contributed by atoms with Gasteiger partial charge < -0.3 is 10.1 Å². The maximum absolute atomic E-state index is 14.9. The van der Waals surface area contributed by atoms with Crippen LogP contribution in [0.5, 0.6) is 5.75 Å². The summed E-state index contributed by atoms with van der Waals surface area (Å²) in [7, 11) is -4.31. The molecular weight excluding hydrogens is 552 g/mol. The third-order valence-corrected chi connectivity index (χ3v) is 9.19. The standard InChI is InChI=1S/C27H26ClF2N3O3S2/c1-18-26(17-31-14-15-36-22-6-4-3-5-7-22)37-27(32-18)19(2)33(25-16-21(29)10-13-24(25)30)38(34,35)23-11-8-20(28)9-12-23/h3-13,16,19,31H,14-15,17H2,1-2H3. The van der Waals surface area contributed by atoms with Crippen LogP contribution in [0.25, 0.3) is 0 Å². The van der Waals surface area contributed by atoms with E-state index >= 15 is 0 Å². The molecule has 1 atom stereocenters. The van der Waals surface area contributed by atoms with Crippen LogP contribution in [0.3, 0.4) is 0 Å². The van der Waals surface area contributed by atoms with Gasteiger partial charge in [0.15, 0.2) is 0 Å². The van der Waals surface area contributed by atoms with Crippen molar-refractivity contribution in [3.8, 4) is 5.75 Å². The van der Waals surface area contributed by atoms with Crippen LogP contribution < -0.4 is 14.4 Å². The molecule has 1 unspecified atom stereocenters. The summed E-state index contributed by atoms with van der Waals surface area (Å²) in [6.45, 7) is 4.97. The molecule has 200 valence electrons. The molecule has 1 N–H and O–H groups in total. The smallest absolute Gasteiger partial charge is 0.265 e. The van der Waals surface area contributed by atoms with Gasteiger partial charge in [-0.25, -0.2) is 22.2 Å². The SMILES string of the molecule is Cc1nc(C(C)N(c2cc(F)ccc2F)S(=O)(=O)c2ccc(Cl)cc2)sc1CNCCOc1ccccc1. The van der Waals surface area contributed by atoms with Crippen LogP contribution in [0.4, 0.5) is 14.5 Å². The van der Waals surface area contributed by atoms with Crippen LogP contribution in [-0.4, -0.2) is 26.6 Å². The first-order valence-electron chi connectivity index (χ1n) is 11.8. The molecule has 0 radical (unpaired) electrons. The summed E-state index contributed by atoms with van der Waals surface area (Å²) < 4.78 is 63.1. The first kappa shape index (κ1) is 28.0. The third kappa shape index (κ3) is 6.50. The van der Waals surface area contributed by atoms with Gasteiger partial charge in [-0.3, -0.25) is 4.31 Å². The summed E-state index contributed by atoms with van der Waals surface area (Å²) in [5.74, 6) is -0.849. The van der Waals surface area contributed by atoms with E-state index in [1.807, 2.05) is 37.3 Å². The lowest BCUT2D eigenvalue weighted by molar-refractivity contribution is 0.314. The number of rotatable bonds is 11. The molecule has 0 amide bonds. The molecule has 0 aliphatic rings. The zero-order chi connectivity index (χ0) is 27.3. The Kier molecular flexibility index (Phi) is 8.99. The number of nitrogens with zero attached hydrogens (tertiary/aromatic N) is 2. The lowest BCUT2D eigenvalue weighted by Crippen LogP contribution is -2.34. The predicted octanol–water partition coefficient (Wildman–Crippen LogP) is 6.51. The topological polar surface area (TPSA) is 71.5 Å². The normalized spacial score (nSPS) is 12.3. The summed E-state index contributed by atoms with van der Waals surface area (Å²) in [6, 6.07) is 16.8. The van der Waals surface area contributed by atoms with Gasteiger partial charge in [-0.1, -0.05) is 29.8 Å². The quantitative estimate of drug-likeness (QED) is 0.206. The van der Waals surface area contributed by atoms with E-state index in [4.69, 9.17) is 16.3 Å². The molecule has 0 spiro atoms. The van der Waals surface area contributed by atoms with E-state index in [1.54, 1.807) is 6.92 Å².